The minimum absolute atomic E-state index is 0.465. The molecular weight excluding hydrogens is 230 g/mol. The van der Waals surface area contributed by atoms with Gasteiger partial charge in [0.05, 0.1) is 0 Å². The minimum Gasteiger partial charge on any atom is -0.314 e. The topological polar surface area (TPSA) is 12.0 Å². The van der Waals surface area contributed by atoms with E-state index in [1.165, 1.54) is 5.56 Å². The van der Waals surface area contributed by atoms with Crippen LogP contribution >= 0.6 is 11.6 Å². The van der Waals surface area contributed by atoms with Crippen LogP contribution in [0.15, 0.2) is 24.3 Å². The van der Waals surface area contributed by atoms with Gasteiger partial charge in [-0.1, -0.05) is 30.7 Å². The second-order valence-electron chi connectivity index (χ2n) is 4.22. The van der Waals surface area contributed by atoms with Gasteiger partial charge >= 0.3 is 0 Å². The number of benzene rings is 1. The van der Waals surface area contributed by atoms with E-state index < -0.39 is 0 Å². The smallest absolute Gasteiger partial charge is 0.0406 e. The molecule has 1 atom stereocenters. The Morgan fingerprint density at radius 3 is 2.65 bits per heavy atom. The molecule has 1 N–H and O–H groups in total. The summed E-state index contributed by atoms with van der Waals surface area (Å²) in [5.74, 6) is 2.71. The highest BCUT2D eigenvalue weighted by Crippen LogP contribution is 2.12. The molecule has 1 rings (SSSR count). The van der Waals surface area contributed by atoms with Crippen molar-refractivity contribution in [1.29, 1.82) is 0 Å². The van der Waals surface area contributed by atoms with Crippen molar-refractivity contribution in [1.82, 2.24) is 5.32 Å². The Kier molecular flexibility index (Phi) is 6.77. The summed E-state index contributed by atoms with van der Waals surface area (Å²) < 4.78 is 0. The summed E-state index contributed by atoms with van der Waals surface area (Å²) in [6, 6.07) is 8.51. The molecule has 0 spiro atoms. The van der Waals surface area contributed by atoms with Gasteiger partial charge in [0.25, 0.3) is 0 Å². The zero-order valence-electron chi connectivity index (χ0n) is 10.4. The molecule has 17 heavy (non-hydrogen) atoms. The molecule has 0 saturated carbocycles. The van der Waals surface area contributed by atoms with Crippen molar-refractivity contribution >= 4 is 11.6 Å². The third-order valence-corrected chi connectivity index (χ3v) is 2.97. The lowest BCUT2D eigenvalue weighted by Crippen LogP contribution is -2.31. The fourth-order valence-corrected chi connectivity index (χ4v) is 1.91. The first kappa shape index (κ1) is 14.1. The number of hydrogen-bond donors (Lipinski definition) is 1. The summed E-state index contributed by atoms with van der Waals surface area (Å²) >= 11 is 5.87. The second-order valence-corrected chi connectivity index (χ2v) is 4.66. The maximum atomic E-state index is 5.87. The highest BCUT2D eigenvalue weighted by molar-refractivity contribution is 6.30. The summed E-state index contributed by atoms with van der Waals surface area (Å²) in [4.78, 5) is 0. The lowest BCUT2D eigenvalue weighted by molar-refractivity contribution is 0.483. The van der Waals surface area contributed by atoms with Crippen LogP contribution in [0.1, 0.15) is 31.7 Å². The van der Waals surface area contributed by atoms with Gasteiger partial charge in [-0.25, -0.2) is 0 Å². The summed E-state index contributed by atoms with van der Waals surface area (Å²) in [6.45, 7) is 3.22. The Labute approximate surface area is 110 Å². The molecule has 1 unspecified atom stereocenters. The Balaban J connectivity index is 2.52. The van der Waals surface area contributed by atoms with Gasteiger partial charge in [0.2, 0.25) is 0 Å². The first-order valence-electron chi connectivity index (χ1n) is 6.17. The molecule has 0 saturated heterocycles. The highest BCUT2D eigenvalue weighted by atomic mass is 35.5. The monoisotopic (exact) mass is 249 g/mol. The first-order valence-corrected chi connectivity index (χ1v) is 6.55. The molecule has 0 radical (unpaired) electrons. The number of nitrogens with one attached hydrogen (secondary N) is 1. The van der Waals surface area contributed by atoms with Gasteiger partial charge in [-0.2, -0.15) is 0 Å². The first-order chi connectivity index (χ1) is 8.26. The van der Waals surface area contributed by atoms with Crippen molar-refractivity contribution in [2.45, 2.75) is 38.6 Å². The van der Waals surface area contributed by atoms with Crippen molar-refractivity contribution < 1.29 is 0 Å². The number of hydrogen-bond acceptors (Lipinski definition) is 1. The Morgan fingerprint density at radius 2 is 2.06 bits per heavy atom. The standard InChI is InChI=1S/C15H20ClN/c1-3-5-6-15(17-11-4-2)12-13-7-9-14(16)10-8-13/h1,7-10,15,17H,4-6,11-12H2,2H3. The van der Waals surface area contributed by atoms with Crippen molar-refractivity contribution in [2.24, 2.45) is 0 Å². The fraction of sp³-hybridized carbons (Fsp3) is 0.467. The van der Waals surface area contributed by atoms with Crippen LogP contribution in [0.2, 0.25) is 5.02 Å². The van der Waals surface area contributed by atoms with E-state index >= 15 is 0 Å². The molecule has 0 bridgehead atoms. The van der Waals surface area contributed by atoms with Crippen LogP contribution in [0.4, 0.5) is 0 Å². The van der Waals surface area contributed by atoms with E-state index in [0.717, 1.165) is 37.3 Å². The van der Waals surface area contributed by atoms with E-state index in [-0.39, 0.29) is 0 Å². The molecule has 1 nitrogen and oxygen atoms in total. The molecule has 0 aliphatic rings. The molecule has 92 valence electrons. The van der Waals surface area contributed by atoms with Crippen molar-refractivity contribution in [3.8, 4) is 12.3 Å². The lowest BCUT2D eigenvalue weighted by atomic mass is 10.0. The van der Waals surface area contributed by atoms with Crippen LogP contribution in [0.3, 0.4) is 0 Å². The molecule has 2 heteroatoms. The normalized spacial score (nSPS) is 12.1. The van der Waals surface area contributed by atoms with Crippen molar-refractivity contribution in [3.63, 3.8) is 0 Å². The van der Waals surface area contributed by atoms with Crippen LogP contribution in [0, 0.1) is 12.3 Å². The molecule has 0 heterocycles. The van der Waals surface area contributed by atoms with E-state index in [2.05, 4.69) is 30.3 Å². The van der Waals surface area contributed by atoms with Crippen molar-refractivity contribution in [3.05, 3.63) is 34.9 Å². The van der Waals surface area contributed by atoms with E-state index in [9.17, 15) is 0 Å². The maximum absolute atomic E-state index is 5.87. The second kappa shape index (κ2) is 8.17. The van der Waals surface area contributed by atoms with Crippen molar-refractivity contribution in [2.75, 3.05) is 6.54 Å². The third-order valence-electron chi connectivity index (χ3n) is 2.72. The van der Waals surface area contributed by atoms with Gasteiger partial charge in [-0.05, 0) is 43.5 Å². The predicted molar refractivity (Wildman–Crippen MR) is 75.3 cm³/mol. The van der Waals surface area contributed by atoms with Crippen LogP contribution in [-0.4, -0.2) is 12.6 Å². The van der Waals surface area contributed by atoms with E-state index in [1.54, 1.807) is 0 Å². The summed E-state index contributed by atoms with van der Waals surface area (Å²) in [5.41, 5.74) is 1.31. The molecule has 1 aromatic carbocycles. The summed E-state index contributed by atoms with van der Waals surface area (Å²) in [6.07, 6.45) is 9.34. The van der Waals surface area contributed by atoms with Crippen LogP contribution < -0.4 is 5.32 Å². The number of terminal acetylenes is 1. The Morgan fingerprint density at radius 1 is 1.35 bits per heavy atom. The Hall–Kier alpha value is -0.970. The summed E-state index contributed by atoms with van der Waals surface area (Å²) in [5, 5.41) is 4.33. The number of halogens is 1. The largest absolute Gasteiger partial charge is 0.314 e. The highest BCUT2D eigenvalue weighted by Gasteiger charge is 2.07. The minimum atomic E-state index is 0.465. The zero-order chi connectivity index (χ0) is 12.5. The van der Waals surface area contributed by atoms with Gasteiger partial charge in [-0.3, -0.25) is 0 Å². The molecule has 0 aromatic heterocycles. The van der Waals surface area contributed by atoms with Gasteiger partial charge in [0, 0.05) is 17.5 Å². The molecular formula is C15H20ClN. The third kappa shape index (κ3) is 5.77. The fourth-order valence-electron chi connectivity index (χ4n) is 1.79. The molecule has 0 aliphatic heterocycles. The lowest BCUT2D eigenvalue weighted by Gasteiger charge is -2.17. The van der Waals surface area contributed by atoms with Crippen LogP contribution in [-0.2, 0) is 6.42 Å². The predicted octanol–water partition coefficient (Wildman–Crippen LogP) is 3.66. The SMILES string of the molecule is C#CCCC(Cc1ccc(Cl)cc1)NCCC. The molecule has 0 aliphatic carbocycles. The molecule has 1 aromatic rings. The zero-order valence-corrected chi connectivity index (χ0v) is 11.1. The van der Waals surface area contributed by atoms with E-state index in [1.807, 2.05) is 12.1 Å². The summed E-state index contributed by atoms with van der Waals surface area (Å²) in [7, 11) is 0. The average molecular weight is 250 g/mol. The van der Waals surface area contributed by atoms with Crippen LogP contribution in [0.5, 0.6) is 0 Å². The molecule has 0 amide bonds. The maximum Gasteiger partial charge on any atom is 0.0406 e. The average Bonchev–Trinajstić information content (AvgIpc) is 2.35. The molecule has 0 fully saturated rings. The quantitative estimate of drug-likeness (QED) is 0.728. The van der Waals surface area contributed by atoms with E-state index in [4.69, 9.17) is 18.0 Å². The van der Waals surface area contributed by atoms with Gasteiger partial charge in [0.15, 0.2) is 0 Å². The Bertz CT molecular complexity index is 350. The van der Waals surface area contributed by atoms with Crippen LogP contribution in [0.25, 0.3) is 0 Å². The van der Waals surface area contributed by atoms with Gasteiger partial charge < -0.3 is 5.32 Å². The van der Waals surface area contributed by atoms with Gasteiger partial charge in [0.1, 0.15) is 0 Å². The van der Waals surface area contributed by atoms with Gasteiger partial charge in [-0.15, -0.1) is 12.3 Å². The number of rotatable bonds is 7. The van der Waals surface area contributed by atoms with E-state index in [0.29, 0.717) is 6.04 Å².